The van der Waals surface area contributed by atoms with Crippen LogP contribution >= 0.6 is 0 Å². The first kappa shape index (κ1) is 11.9. The van der Waals surface area contributed by atoms with Crippen molar-refractivity contribution in [2.75, 3.05) is 13.7 Å². The van der Waals surface area contributed by atoms with E-state index in [9.17, 15) is 4.79 Å². The molecule has 0 saturated carbocycles. The SMILES string of the molecule is COc1ccc(CN2CC(N)CCC2=O)cc1. The van der Waals surface area contributed by atoms with Gasteiger partial charge in [-0.15, -0.1) is 0 Å². The van der Waals surface area contributed by atoms with Crippen LogP contribution in [-0.2, 0) is 11.3 Å². The number of carbonyl (C=O) groups is 1. The Morgan fingerprint density at radius 2 is 2.12 bits per heavy atom. The van der Waals surface area contributed by atoms with Gasteiger partial charge >= 0.3 is 0 Å². The van der Waals surface area contributed by atoms with Crippen LogP contribution in [0.4, 0.5) is 0 Å². The minimum Gasteiger partial charge on any atom is -0.497 e. The van der Waals surface area contributed by atoms with Crippen LogP contribution < -0.4 is 10.5 Å². The minimum absolute atomic E-state index is 0.117. The molecule has 1 atom stereocenters. The van der Waals surface area contributed by atoms with Gasteiger partial charge in [0, 0.05) is 25.6 Å². The molecule has 4 nitrogen and oxygen atoms in total. The second-order valence-corrected chi connectivity index (χ2v) is 4.42. The third-order valence-electron chi connectivity index (χ3n) is 3.07. The largest absolute Gasteiger partial charge is 0.497 e. The van der Waals surface area contributed by atoms with Gasteiger partial charge in [-0.05, 0) is 24.1 Å². The Balaban J connectivity index is 2.01. The highest BCUT2D eigenvalue weighted by Gasteiger charge is 2.22. The molecule has 1 aliphatic rings. The maximum absolute atomic E-state index is 11.7. The van der Waals surface area contributed by atoms with Gasteiger partial charge in [0.05, 0.1) is 7.11 Å². The third kappa shape index (κ3) is 2.97. The lowest BCUT2D eigenvalue weighted by molar-refractivity contribution is -0.134. The van der Waals surface area contributed by atoms with Crippen LogP contribution in [0.15, 0.2) is 24.3 Å². The van der Waals surface area contributed by atoms with Gasteiger partial charge in [0.25, 0.3) is 0 Å². The molecule has 17 heavy (non-hydrogen) atoms. The van der Waals surface area contributed by atoms with Crippen LogP contribution in [-0.4, -0.2) is 30.5 Å². The summed E-state index contributed by atoms with van der Waals surface area (Å²) in [5.74, 6) is 1.03. The van der Waals surface area contributed by atoms with Crippen molar-refractivity contribution in [1.82, 2.24) is 4.90 Å². The van der Waals surface area contributed by atoms with Crippen molar-refractivity contribution >= 4 is 5.91 Å². The molecule has 1 fully saturated rings. The number of nitrogens with two attached hydrogens (primary N) is 1. The number of piperidine rings is 1. The fourth-order valence-corrected chi connectivity index (χ4v) is 2.05. The zero-order valence-corrected chi connectivity index (χ0v) is 10.1. The highest BCUT2D eigenvalue weighted by Crippen LogP contribution is 2.16. The fourth-order valence-electron chi connectivity index (χ4n) is 2.05. The molecule has 1 unspecified atom stereocenters. The van der Waals surface area contributed by atoms with Crippen molar-refractivity contribution in [3.63, 3.8) is 0 Å². The first-order chi connectivity index (χ1) is 8.19. The lowest BCUT2D eigenvalue weighted by Crippen LogP contribution is -2.45. The van der Waals surface area contributed by atoms with Crippen LogP contribution in [0.2, 0.25) is 0 Å². The minimum atomic E-state index is 0.117. The van der Waals surface area contributed by atoms with Gasteiger partial charge in [-0.1, -0.05) is 12.1 Å². The fraction of sp³-hybridized carbons (Fsp3) is 0.462. The molecule has 1 saturated heterocycles. The van der Waals surface area contributed by atoms with Crippen molar-refractivity contribution in [2.24, 2.45) is 5.73 Å². The molecule has 1 aromatic carbocycles. The first-order valence-corrected chi connectivity index (χ1v) is 5.85. The van der Waals surface area contributed by atoms with Gasteiger partial charge in [0.1, 0.15) is 5.75 Å². The van der Waals surface area contributed by atoms with Gasteiger partial charge in [0.15, 0.2) is 0 Å². The Morgan fingerprint density at radius 3 is 2.76 bits per heavy atom. The Labute approximate surface area is 101 Å². The summed E-state index contributed by atoms with van der Waals surface area (Å²) in [6.07, 6.45) is 1.37. The van der Waals surface area contributed by atoms with Crippen molar-refractivity contribution in [1.29, 1.82) is 0 Å². The number of rotatable bonds is 3. The number of hydrogen-bond donors (Lipinski definition) is 1. The van der Waals surface area contributed by atoms with Crippen molar-refractivity contribution in [2.45, 2.75) is 25.4 Å². The summed E-state index contributed by atoms with van der Waals surface area (Å²) in [4.78, 5) is 13.5. The number of benzene rings is 1. The monoisotopic (exact) mass is 234 g/mol. The zero-order valence-electron chi connectivity index (χ0n) is 10.1. The third-order valence-corrected chi connectivity index (χ3v) is 3.07. The molecular weight excluding hydrogens is 216 g/mol. The van der Waals surface area contributed by atoms with Gasteiger partial charge in [-0.2, -0.15) is 0 Å². The summed E-state index contributed by atoms with van der Waals surface area (Å²) in [5.41, 5.74) is 6.98. The van der Waals surface area contributed by atoms with E-state index in [-0.39, 0.29) is 11.9 Å². The van der Waals surface area contributed by atoms with Gasteiger partial charge in [-0.25, -0.2) is 0 Å². The maximum Gasteiger partial charge on any atom is 0.222 e. The van der Waals surface area contributed by atoms with E-state index < -0.39 is 0 Å². The number of hydrogen-bond acceptors (Lipinski definition) is 3. The molecule has 0 spiro atoms. The molecule has 1 aliphatic heterocycles. The number of likely N-dealkylation sites (tertiary alicyclic amines) is 1. The Kier molecular flexibility index (Phi) is 3.64. The smallest absolute Gasteiger partial charge is 0.222 e. The molecule has 1 amide bonds. The van der Waals surface area contributed by atoms with E-state index in [4.69, 9.17) is 10.5 Å². The van der Waals surface area contributed by atoms with Gasteiger partial charge in [-0.3, -0.25) is 4.79 Å². The standard InChI is InChI=1S/C13H18N2O2/c1-17-12-5-2-10(3-6-12)8-15-9-11(14)4-7-13(15)16/h2-3,5-6,11H,4,7-9,14H2,1H3. The molecule has 0 bridgehead atoms. The van der Waals surface area contributed by atoms with E-state index in [1.165, 1.54) is 0 Å². The molecule has 92 valence electrons. The number of amides is 1. The average Bonchev–Trinajstić information content (AvgIpc) is 2.35. The molecule has 1 heterocycles. The van der Waals surface area contributed by atoms with E-state index in [1.807, 2.05) is 29.2 Å². The van der Waals surface area contributed by atoms with Crippen LogP contribution in [0.3, 0.4) is 0 Å². The lowest BCUT2D eigenvalue weighted by Gasteiger charge is -2.30. The summed E-state index contributed by atoms with van der Waals surface area (Å²) in [6.45, 7) is 1.29. The van der Waals surface area contributed by atoms with Crippen LogP contribution in [0.5, 0.6) is 5.75 Å². The second-order valence-electron chi connectivity index (χ2n) is 4.42. The van der Waals surface area contributed by atoms with Gasteiger partial charge < -0.3 is 15.4 Å². The molecule has 0 aromatic heterocycles. The van der Waals surface area contributed by atoms with E-state index >= 15 is 0 Å². The summed E-state index contributed by atoms with van der Waals surface area (Å²) < 4.78 is 5.10. The predicted molar refractivity (Wildman–Crippen MR) is 65.6 cm³/mol. The number of carbonyl (C=O) groups excluding carboxylic acids is 1. The number of ether oxygens (including phenoxy) is 1. The average molecular weight is 234 g/mol. The Morgan fingerprint density at radius 1 is 1.41 bits per heavy atom. The van der Waals surface area contributed by atoms with Crippen LogP contribution in [0, 0.1) is 0 Å². The molecule has 0 radical (unpaired) electrons. The van der Waals surface area contributed by atoms with Crippen molar-refractivity contribution in [3.8, 4) is 5.75 Å². The maximum atomic E-state index is 11.7. The molecule has 1 aromatic rings. The summed E-state index contributed by atoms with van der Waals surface area (Å²) in [6, 6.07) is 7.89. The molecule has 4 heteroatoms. The van der Waals surface area contributed by atoms with Crippen molar-refractivity contribution in [3.05, 3.63) is 29.8 Å². The normalized spacial score (nSPS) is 20.5. The Bertz CT molecular complexity index is 389. The summed E-state index contributed by atoms with van der Waals surface area (Å²) in [5, 5.41) is 0. The summed E-state index contributed by atoms with van der Waals surface area (Å²) in [7, 11) is 1.64. The highest BCUT2D eigenvalue weighted by molar-refractivity contribution is 5.77. The molecule has 0 aliphatic carbocycles. The summed E-state index contributed by atoms with van der Waals surface area (Å²) >= 11 is 0. The predicted octanol–water partition coefficient (Wildman–Crippen LogP) is 1.14. The first-order valence-electron chi connectivity index (χ1n) is 5.85. The topological polar surface area (TPSA) is 55.6 Å². The lowest BCUT2D eigenvalue weighted by atomic mass is 10.1. The molecular formula is C13H18N2O2. The van der Waals surface area contributed by atoms with Crippen LogP contribution in [0.25, 0.3) is 0 Å². The molecule has 2 rings (SSSR count). The number of methoxy groups -OCH3 is 1. The van der Waals surface area contributed by atoms with E-state index in [2.05, 4.69) is 0 Å². The highest BCUT2D eigenvalue weighted by atomic mass is 16.5. The van der Waals surface area contributed by atoms with E-state index in [0.29, 0.717) is 19.5 Å². The van der Waals surface area contributed by atoms with Gasteiger partial charge in [0.2, 0.25) is 5.91 Å². The quantitative estimate of drug-likeness (QED) is 0.853. The second kappa shape index (κ2) is 5.19. The van der Waals surface area contributed by atoms with E-state index in [0.717, 1.165) is 17.7 Å². The van der Waals surface area contributed by atoms with Crippen LogP contribution in [0.1, 0.15) is 18.4 Å². The Hall–Kier alpha value is -1.55. The number of nitrogens with zero attached hydrogens (tertiary/aromatic N) is 1. The van der Waals surface area contributed by atoms with E-state index in [1.54, 1.807) is 7.11 Å². The van der Waals surface area contributed by atoms with Crippen molar-refractivity contribution < 1.29 is 9.53 Å². The molecule has 2 N–H and O–H groups in total. The zero-order chi connectivity index (χ0) is 12.3.